The van der Waals surface area contributed by atoms with Crippen molar-refractivity contribution in [1.82, 2.24) is 10.2 Å². The van der Waals surface area contributed by atoms with E-state index in [1.165, 1.54) is 25.0 Å². The van der Waals surface area contributed by atoms with Gasteiger partial charge in [0, 0.05) is 6.54 Å². The summed E-state index contributed by atoms with van der Waals surface area (Å²) in [6.45, 7) is 2.46. The minimum absolute atomic E-state index is 0.0599. The maximum absolute atomic E-state index is 13.9. The second kappa shape index (κ2) is 9.51. The summed E-state index contributed by atoms with van der Waals surface area (Å²) in [5.74, 6) is -0.0593. The van der Waals surface area contributed by atoms with E-state index >= 15 is 0 Å². The molecule has 0 spiro atoms. The Morgan fingerprint density at radius 3 is 2.37 bits per heavy atom. The fourth-order valence-electron chi connectivity index (χ4n) is 3.62. The van der Waals surface area contributed by atoms with E-state index in [0.717, 1.165) is 37.2 Å². The second-order valence-corrected chi connectivity index (χ2v) is 6.93. The van der Waals surface area contributed by atoms with Gasteiger partial charge in [-0.15, -0.1) is 0 Å². The number of likely N-dealkylation sites (tertiary alicyclic amines) is 1. The smallest absolute Gasteiger partial charge is 0.254 e. The molecule has 144 valence electrons. The normalized spacial score (nSPS) is 16.4. The van der Waals surface area contributed by atoms with E-state index in [1.54, 1.807) is 19.2 Å². The van der Waals surface area contributed by atoms with Gasteiger partial charge in [0.2, 0.25) is 0 Å². The number of carbonyl (C=O) groups is 1. The minimum atomic E-state index is -0.495. The van der Waals surface area contributed by atoms with E-state index in [2.05, 4.69) is 10.2 Å². The van der Waals surface area contributed by atoms with Crippen LogP contribution in [0.15, 0.2) is 48.5 Å². The molecule has 0 unspecified atom stereocenters. The summed E-state index contributed by atoms with van der Waals surface area (Å²) in [6.07, 6.45) is 4.81. The molecule has 1 heterocycles. The summed E-state index contributed by atoms with van der Waals surface area (Å²) < 4.78 is 19.2. The lowest BCUT2D eigenvalue weighted by Gasteiger charge is -2.31. The number of halogens is 1. The number of nitrogens with zero attached hydrogens (tertiary/aromatic N) is 1. The number of amides is 1. The van der Waals surface area contributed by atoms with E-state index in [0.29, 0.717) is 6.54 Å². The van der Waals surface area contributed by atoms with Gasteiger partial charge in [0.25, 0.3) is 5.91 Å². The first kappa shape index (κ1) is 19.4. The minimum Gasteiger partial charge on any atom is -0.497 e. The highest BCUT2D eigenvalue weighted by Gasteiger charge is 2.23. The van der Waals surface area contributed by atoms with Crippen molar-refractivity contribution in [2.75, 3.05) is 26.7 Å². The maximum atomic E-state index is 13.9. The third kappa shape index (κ3) is 5.07. The number of rotatable bonds is 6. The van der Waals surface area contributed by atoms with Gasteiger partial charge in [-0.25, -0.2) is 4.39 Å². The fraction of sp³-hybridized carbons (Fsp3) is 0.409. The second-order valence-electron chi connectivity index (χ2n) is 6.93. The SMILES string of the molecule is COc1ccc([C@@H](CNC(=O)c2ccccc2F)N2CCCCCC2)cc1. The average molecular weight is 370 g/mol. The topological polar surface area (TPSA) is 41.6 Å². The molecule has 1 aliphatic heterocycles. The van der Waals surface area contributed by atoms with Crippen LogP contribution in [0.25, 0.3) is 0 Å². The first-order chi connectivity index (χ1) is 13.2. The van der Waals surface area contributed by atoms with Gasteiger partial charge in [0.15, 0.2) is 0 Å². The molecule has 1 atom stereocenters. The molecule has 5 heteroatoms. The molecule has 0 saturated carbocycles. The number of carbonyl (C=O) groups excluding carboxylic acids is 1. The zero-order chi connectivity index (χ0) is 19.1. The number of methoxy groups -OCH3 is 1. The average Bonchev–Trinajstić information content (AvgIpc) is 2.98. The van der Waals surface area contributed by atoms with Crippen molar-refractivity contribution in [2.24, 2.45) is 0 Å². The Morgan fingerprint density at radius 1 is 1.07 bits per heavy atom. The number of hydrogen-bond donors (Lipinski definition) is 1. The standard InChI is InChI=1S/C22H27FN2O2/c1-27-18-12-10-17(11-13-18)21(25-14-6-2-3-7-15-25)16-24-22(26)19-8-4-5-9-20(19)23/h4-5,8-13,21H,2-3,6-7,14-16H2,1H3,(H,24,26)/t21-/m1/s1. The van der Waals surface area contributed by atoms with E-state index < -0.39 is 5.82 Å². The largest absolute Gasteiger partial charge is 0.497 e. The number of nitrogens with one attached hydrogen (secondary N) is 1. The third-order valence-corrected chi connectivity index (χ3v) is 5.16. The van der Waals surface area contributed by atoms with Crippen LogP contribution in [-0.2, 0) is 0 Å². The number of benzene rings is 2. The maximum Gasteiger partial charge on any atom is 0.254 e. The number of hydrogen-bond acceptors (Lipinski definition) is 3. The van der Waals surface area contributed by atoms with Crippen LogP contribution in [0.3, 0.4) is 0 Å². The lowest BCUT2D eigenvalue weighted by Crippen LogP contribution is -2.38. The first-order valence-corrected chi connectivity index (χ1v) is 9.60. The van der Waals surface area contributed by atoms with Crippen LogP contribution in [-0.4, -0.2) is 37.6 Å². The molecule has 2 aromatic rings. The van der Waals surface area contributed by atoms with Crippen LogP contribution in [0.5, 0.6) is 5.75 Å². The first-order valence-electron chi connectivity index (χ1n) is 9.60. The van der Waals surface area contributed by atoms with Crippen LogP contribution in [0.4, 0.5) is 4.39 Å². The summed E-state index contributed by atoms with van der Waals surface area (Å²) in [4.78, 5) is 14.9. The van der Waals surface area contributed by atoms with Crippen LogP contribution in [0.1, 0.15) is 47.6 Å². The molecule has 0 bridgehead atoms. The molecular formula is C22H27FN2O2. The molecule has 1 fully saturated rings. The zero-order valence-corrected chi connectivity index (χ0v) is 15.8. The molecule has 0 aromatic heterocycles. The molecule has 0 radical (unpaired) electrons. The summed E-state index contributed by atoms with van der Waals surface area (Å²) >= 11 is 0. The summed E-state index contributed by atoms with van der Waals surface area (Å²) in [6, 6.07) is 14.1. The zero-order valence-electron chi connectivity index (χ0n) is 15.8. The monoisotopic (exact) mass is 370 g/mol. The molecule has 27 heavy (non-hydrogen) atoms. The Bertz CT molecular complexity index is 740. The van der Waals surface area contributed by atoms with Crippen molar-refractivity contribution in [3.8, 4) is 5.75 Å². The van der Waals surface area contributed by atoms with E-state index in [4.69, 9.17) is 4.74 Å². The molecular weight excluding hydrogens is 343 g/mol. The van der Waals surface area contributed by atoms with Gasteiger partial charge in [0.05, 0.1) is 18.7 Å². The molecule has 3 rings (SSSR count). The highest BCUT2D eigenvalue weighted by atomic mass is 19.1. The van der Waals surface area contributed by atoms with Gasteiger partial charge in [0.1, 0.15) is 11.6 Å². The Hall–Kier alpha value is -2.40. The lowest BCUT2D eigenvalue weighted by molar-refractivity contribution is 0.0929. The molecule has 1 aliphatic rings. The van der Waals surface area contributed by atoms with E-state index in [-0.39, 0.29) is 17.5 Å². The van der Waals surface area contributed by atoms with Crippen molar-refractivity contribution in [3.05, 3.63) is 65.5 Å². The molecule has 2 aromatic carbocycles. The van der Waals surface area contributed by atoms with Crippen molar-refractivity contribution in [1.29, 1.82) is 0 Å². The summed E-state index contributed by atoms with van der Waals surface area (Å²) in [5, 5.41) is 2.93. The van der Waals surface area contributed by atoms with Crippen LogP contribution in [0.2, 0.25) is 0 Å². The Morgan fingerprint density at radius 2 is 1.74 bits per heavy atom. The Balaban J connectivity index is 1.76. The van der Waals surface area contributed by atoms with Gasteiger partial charge in [-0.2, -0.15) is 0 Å². The van der Waals surface area contributed by atoms with Crippen LogP contribution < -0.4 is 10.1 Å². The molecule has 1 amide bonds. The molecule has 0 aliphatic carbocycles. The van der Waals surface area contributed by atoms with Gasteiger partial charge in [-0.3, -0.25) is 9.69 Å². The van der Waals surface area contributed by atoms with Gasteiger partial charge in [-0.05, 0) is 55.8 Å². The van der Waals surface area contributed by atoms with E-state index in [1.807, 2.05) is 24.3 Å². The Labute approximate surface area is 160 Å². The molecule has 1 N–H and O–H groups in total. The van der Waals surface area contributed by atoms with Crippen molar-refractivity contribution >= 4 is 5.91 Å². The summed E-state index contributed by atoms with van der Waals surface area (Å²) in [7, 11) is 1.65. The van der Waals surface area contributed by atoms with Gasteiger partial charge >= 0.3 is 0 Å². The summed E-state index contributed by atoms with van der Waals surface area (Å²) in [5.41, 5.74) is 1.22. The van der Waals surface area contributed by atoms with E-state index in [9.17, 15) is 9.18 Å². The highest BCUT2D eigenvalue weighted by Crippen LogP contribution is 2.25. The van der Waals surface area contributed by atoms with Gasteiger partial charge in [-0.1, -0.05) is 37.1 Å². The number of ether oxygens (including phenoxy) is 1. The van der Waals surface area contributed by atoms with Crippen molar-refractivity contribution in [2.45, 2.75) is 31.7 Å². The Kier molecular flexibility index (Phi) is 6.82. The van der Waals surface area contributed by atoms with Crippen LogP contribution in [0, 0.1) is 5.82 Å². The van der Waals surface area contributed by atoms with Crippen molar-refractivity contribution < 1.29 is 13.9 Å². The predicted molar refractivity (Wildman–Crippen MR) is 105 cm³/mol. The van der Waals surface area contributed by atoms with Crippen molar-refractivity contribution in [3.63, 3.8) is 0 Å². The van der Waals surface area contributed by atoms with Crippen LogP contribution >= 0.6 is 0 Å². The third-order valence-electron chi connectivity index (χ3n) is 5.16. The fourth-order valence-corrected chi connectivity index (χ4v) is 3.62. The van der Waals surface area contributed by atoms with Gasteiger partial charge < -0.3 is 10.1 Å². The molecule has 1 saturated heterocycles. The highest BCUT2D eigenvalue weighted by molar-refractivity contribution is 5.94. The quantitative estimate of drug-likeness (QED) is 0.829. The lowest BCUT2D eigenvalue weighted by atomic mass is 10.0. The predicted octanol–water partition coefficient (Wildman–Crippen LogP) is 4.18. The molecule has 4 nitrogen and oxygen atoms in total.